The molecule has 2 aromatic heterocycles. The maximum atomic E-state index is 5.19. The van der Waals surface area contributed by atoms with Crippen LogP contribution in [0.1, 0.15) is 128 Å². The van der Waals surface area contributed by atoms with Crippen LogP contribution in [0.25, 0.3) is 27.6 Å². The number of aromatic nitrogens is 2. The third-order valence-electron chi connectivity index (χ3n) is 15.2. The molecule has 10 rings (SSSR count). The number of pyridine rings is 1. The minimum absolute atomic E-state index is 0.000372. The Balaban J connectivity index is 1.08. The van der Waals surface area contributed by atoms with Crippen molar-refractivity contribution < 1.29 is 0 Å². The lowest BCUT2D eigenvalue weighted by Crippen LogP contribution is -2.26. The summed E-state index contributed by atoms with van der Waals surface area (Å²) in [4.78, 5) is 10.2. The standard InChI is InChI=1S/C65H68N4/c1-61(2,3)46-31-33-56-55(40-46)54-32-30-48(41-59(54)69(56)60-42-49(34-35-66-60)65(12,44-22-15-13-16-23-44)45-24-17-14-18-25-45)64(10,11)47-26-21-27-52(37-47)67-43-68(58-29-20-19-28-57(58)67)53-38-50(62(4,5)6)36-51(39-53)63(7,8)9/h13-42H,43H2,1-12H3. The number of hydrogen-bond acceptors (Lipinski definition) is 3. The zero-order valence-electron chi connectivity index (χ0n) is 42.8. The van der Waals surface area contributed by atoms with E-state index in [0.717, 1.165) is 23.5 Å². The summed E-state index contributed by atoms with van der Waals surface area (Å²) < 4.78 is 2.41. The second-order valence-corrected chi connectivity index (χ2v) is 23.2. The third-order valence-corrected chi connectivity index (χ3v) is 15.2. The summed E-state index contributed by atoms with van der Waals surface area (Å²) in [5, 5.41) is 2.47. The van der Waals surface area contributed by atoms with Crippen LogP contribution in [0, 0.1) is 0 Å². The fraction of sp³-hybridized carbons (Fsp3) is 0.277. The van der Waals surface area contributed by atoms with Crippen LogP contribution in [0.3, 0.4) is 0 Å². The van der Waals surface area contributed by atoms with E-state index in [1.807, 2.05) is 6.20 Å². The Bertz CT molecular complexity index is 3280. The lowest BCUT2D eigenvalue weighted by Gasteiger charge is -2.32. The molecule has 0 saturated heterocycles. The van der Waals surface area contributed by atoms with Crippen LogP contribution in [0.4, 0.5) is 22.7 Å². The number of fused-ring (bicyclic) bond motifs is 4. The first-order valence-corrected chi connectivity index (χ1v) is 24.8. The minimum Gasteiger partial charge on any atom is -0.321 e. The molecule has 0 unspecified atom stereocenters. The van der Waals surface area contributed by atoms with E-state index in [9.17, 15) is 0 Å². The van der Waals surface area contributed by atoms with E-state index in [2.05, 4.69) is 273 Å². The summed E-state index contributed by atoms with van der Waals surface area (Å²) in [6.07, 6.45) is 2.00. The first-order valence-electron chi connectivity index (χ1n) is 24.8. The molecule has 4 nitrogen and oxygen atoms in total. The molecule has 0 aliphatic carbocycles. The van der Waals surface area contributed by atoms with Gasteiger partial charge in [0, 0.05) is 39.2 Å². The Morgan fingerprint density at radius 3 is 1.48 bits per heavy atom. The molecule has 0 spiro atoms. The second kappa shape index (κ2) is 16.7. The summed E-state index contributed by atoms with van der Waals surface area (Å²) in [6, 6.07) is 65.8. The van der Waals surface area contributed by atoms with Crippen molar-refractivity contribution >= 4 is 44.6 Å². The first-order chi connectivity index (χ1) is 32.7. The van der Waals surface area contributed by atoms with E-state index >= 15 is 0 Å². The van der Waals surface area contributed by atoms with Crippen LogP contribution in [-0.2, 0) is 27.1 Å². The zero-order valence-corrected chi connectivity index (χ0v) is 42.8. The molecule has 0 N–H and O–H groups in total. The summed E-state index contributed by atoms with van der Waals surface area (Å²) in [5.41, 5.74) is 16.7. The van der Waals surface area contributed by atoms with Gasteiger partial charge in [0.15, 0.2) is 0 Å². The smallest absolute Gasteiger partial charge is 0.137 e. The number of para-hydroxylation sites is 2. The molecular weight excluding hydrogens is 837 g/mol. The summed E-state index contributed by atoms with van der Waals surface area (Å²) >= 11 is 0. The Hall–Kier alpha value is -6.91. The van der Waals surface area contributed by atoms with E-state index < -0.39 is 5.41 Å². The van der Waals surface area contributed by atoms with Crippen LogP contribution in [0.15, 0.2) is 182 Å². The van der Waals surface area contributed by atoms with E-state index in [-0.39, 0.29) is 21.7 Å². The van der Waals surface area contributed by atoms with Crippen molar-refractivity contribution in [2.24, 2.45) is 0 Å². The predicted molar refractivity (Wildman–Crippen MR) is 294 cm³/mol. The molecule has 0 fully saturated rings. The molecule has 4 heteroatoms. The van der Waals surface area contributed by atoms with Crippen molar-refractivity contribution in [3.63, 3.8) is 0 Å². The lowest BCUT2D eigenvalue weighted by molar-refractivity contribution is 0.568. The molecule has 1 aliphatic heterocycles. The van der Waals surface area contributed by atoms with Gasteiger partial charge in [0.2, 0.25) is 0 Å². The third kappa shape index (κ3) is 8.12. The van der Waals surface area contributed by atoms with E-state index in [4.69, 9.17) is 4.98 Å². The molecule has 9 aromatic rings. The topological polar surface area (TPSA) is 24.3 Å². The van der Waals surface area contributed by atoms with Crippen LogP contribution in [-0.4, -0.2) is 16.2 Å². The maximum absolute atomic E-state index is 5.19. The Labute approximate surface area is 411 Å². The monoisotopic (exact) mass is 905 g/mol. The molecule has 3 heterocycles. The number of hydrogen-bond donors (Lipinski definition) is 0. The molecule has 0 amide bonds. The van der Waals surface area contributed by atoms with Crippen molar-refractivity contribution in [1.29, 1.82) is 0 Å². The van der Waals surface area contributed by atoms with Gasteiger partial charge in [0.1, 0.15) is 12.5 Å². The highest BCUT2D eigenvalue weighted by molar-refractivity contribution is 6.09. The fourth-order valence-corrected chi connectivity index (χ4v) is 10.5. The number of nitrogens with zero attached hydrogens (tertiary/aromatic N) is 4. The van der Waals surface area contributed by atoms with Crippen molar-refractivity contribution in [3.8, 4) is 5.82 Å². The molecule has 69 heavy (non-hydrogen) atoms. The van der Waals surface area contributed by atoms with Gasteiger partial charge in [-0.3, -0.25) is 4.57 Å². The molecule has 0 bridgehead atoms. The maximum Gasteiger partial charge on any atom is 0.137 e. The molecule has 1 aliphatic rings. The highest BCUT2D eigenvalue weighted by Crippen LogP contribution is 2.48. The predicted octanol–water partition coefficient (Wildman–Crippen LogP) is 17.0. The fourth-order valence-electron chi connectivity index (χ4n) is 10.5. The number of rotatable bonds is 8. The van der Waals surface area contributed by atoms with E-state index in [1.54, 1.807) is 0 Å². The molecule has 348 valence electrons. The first kappa shape index (κ1) is 45.9. The highest BCUT2D eigenvalue weighted by Gasteiger charge is 2.34. The normalized spacial score (nSPS) is 13.7. The van der Waals surface area contributed by atoms with E-state index in [1.165, 1.54) is 78.0 Å². The molecule has 0 radical (unpaired) electrons. The zero-order chi connectivity index (χ0) is 48.7. The van der Waals surface area contributed by atoms with E-state index in [0.29, 0.717) is 0 Å². The van der Waals surface area contributed by atoms with Crippen LogP contribution < -0.4 is 9.80 Å². The van der Waals surface area contributed by atoms with Crippen molar-refractivity contribution in [2.45, 2.75) is 110 Å². The van der Waals surface area contributed by atoms with Crippen LogP contribution in [0.2, 0.25) is 0 Å². The lowest BCUT2D eigenvalue weighted by atomic mass is 9.71. The van der Waals surface area contributed by atoms with Gasteiger partial charge in [-0.1, -0.05) is 185 Å². The average molecular weight is 905 g/mol. The molecular formula is C65H68N4. The molecule has 7 aromatic carbocycles. The molecule has 0 saturated carbocycles. The van der Waals surface area contributed by atoms with Gasteiger partial charge in [-0.2, -0.15) is 0 Å². The molecule has 0 atom stereocenters. The Morgan fingerprint density at radius 2 is 0.884 bits per heavy atom. The highest BCUT2D eigenvalue weighted by atomic mass is 15.4. The van der Waals surface area contributed by atoms with Crippen LogP contribution >= 0.6 is 0 Å². The summed E-state index contributed by atoms with van der Waals surface area (Å²) in [5.74, 6) is 0.908. The minimum atomic E-state index is -0.407. The summed E-state index contributed by atoms with van der Waals surface area (Å²) in [7, 11) is 0. The SMILES string of the molecule is CC(C)(C)c1cc(N2CN(c3cccc(C(C)(C)c4ccc5c6cc(C(C)(C)C)ccc6n(-c6cc(C(C)(c7ccccc7)c7ccccc7)ccn6)c5c4)c3)c3ccccc32)cc(C(C)(C)C)c1. The van der Waals surface area contributed by atoms with Gasteiger partial charge < -0.3 is 9.80 Å². The van der Waals surface area contributed by atoms with Gasteiger partial charge in [-0.05, 0) is 134 Å². The van der Waals surface area contributed by atoms with Crippen molar-refractivity contribution in [3.05, 3.63) is 227 Å². The number of benzene rings is 7. The van der Waals surface area contributed by atoms with Gasteiger partial charge in [0.05, 0.1) is 22.4 Å². The Morgan fingerprint density at radius 1 is 0.362 bits per heavy atom. The Kier molecular flexibility index (Phi) is 11.1. The van der Waals surface area contributed by atoms with Gasteiger partial charge in [-0.15, -0.1) is 0 Å². The summed E-state index contributed by atoms with van der Waals surface area (Å²) in [6.45, 7) is 28.6. The largest absolute Gasteiger partial charge is 0.321 e. The number of anilines is 4. The van der Waals surface area contributed by atoms with Crippen molar-refractivity contribution in [1.82, 2.24) is 9.55 Å². The quantitative estimate of drug-likeness (QED) is 0.152. The van der Waals surface area contributed by atoms with Gasteiger partial charge >= 0.3 is 0 Å². The average Bonchev–Trinajstić information content (AvgIpc) is 3.89. The van der Waals surface area contributed by atoms with Gasteiger partial charge in [0.25, 0.3) is 0 Å². The second-order valence-electron chi connectivity index (χ2n) is 23.2. The van der Waals surface area contributed by atoms with Crippen molar-refractivity contribution in [2.75, 3.05) is 16.5 Å². The van der Waals surface area contributed by atoms with Crippen LogP contribution in [0.5, 0.6) is 0 Å². The van der Waals surface area contributed by atoms with Gasteiger partial charge in [-0.25, -0.2) is 4.98 Å².